The molecule has 1 aromatic heterocycles. The van der Waals surface area contributed by atoms with E-state index in [-0.39, 0.29) is 11.8 Å². The highest BCUT2D eigenvalue weighted by Gasteiger charge is 2.19. The predicted octanol–water partition coefficient (Wildman–Crippen LogP) is 7.36. The lowest BCUT2D eigenvalue weighted by molar-refractivity contribution is 0.0949. The van der Waals surface area contributed by atoms with Crippen molar-refractivity contribution in [2.24, 2.45) is 0 Å². The number of carbonyl (C=O) groups excluding carboxylic acids is 1. The van der Waals surface area contributed by atoms with Gasteiger partial charge in [-0.25, -0.2) is 4.98 Å². The summed E-state index contributed by atoms with van der Waals surface area (Å²) in [6, 6.07) is 37.5. The van der Waals surface area contributed by atoms with E-state index in [1.165, 1.54) is 28.0 Å². The Balaban J connectivity index is 1.32. The Morgan fingerprint density at radius 1 is 0.841 bits per heavy atom. The molecule has 226 valence electrons. The Labute approximate surface area is 264 Å². The lowest BCUT2D eigenvalue weighted by Gasteiger charge is -2.26. The van der Waals surface area contributed by atoms with Gasteiger partial charge < -0.3 is 14.8 Å². The Morgan fingerprint density at radius 2 is 1.50 bits per heavy atom. The van der Waals surface area contributed by atoms with E-state index in [0.29, 0.717) is 25.3 Å². The fourth-order valence-electron chi connectivity index (χ4n) is 5.38. The van der Waals surface area contributed by atoms with Gasteiger partial charge in [-0.15, -0.1) is 11.3 Å². The van der Waals surface area contributed by atoms with Gasteiger partial charge in [-0.3, -0.25) is 9.69 Å². The van der Waals surface area contributed by atoms with Gasteiger partial charge in [0.15, 0.2) is 0 Å². The topological polar surface area (TPSA) is 63.7 Å². The highest BCUT2D eigenvalue weighted by Crippen LogP contribution is 2.30. The summed E-state index contributed by atoms with van der Waals surface area (Å²) in [5, 5.41) is 5.78. The largest absolute Gasteiger partial charge is 0.497 e. The van der Waals surface area contributed by atoms with E-state index in [1.807, 2.05) is 35.7 Å². The highest BCUT2D eigenvalue weighted by molar-refractivity contribution is 7.09. The number of ether oxygens (including phenoxy) is 2. The van der Waals surface area contributed by atoms with E-state index < -0.39 is 0 Å². The smallest absolute Gasteiger partial charge is 0.270 e. The Kier molecular flexibility index (Phi) is 11.2. The van der Waals surface area contributed by atoms with Crippen LogP contribution in [0.15, 0.2) is 115 Å². The minimum absolute atomic E-state index is 0.139. The molecule has 0 radical (unpaired) electrons. The van der Waals surface area contributed by atoms with E-state index in [0.717, 1.165) is 41.5 Å². The molecule has 0 saturated heterocycles. The van der Waals surface area contributed by atoms with Gasteiger partial charge in [0.25, 0.3) is 5.91 Å². The van der Waals surface area contributed by atoms with Gasteiger partial charge in [0.1, 0.15) is 22.2 Å². The summed E-state index contributed by atoms with van der Waals surface area (Å²) >= 11 is 1.52. The number of rotatable bonds is 15. The van der Waals surface area contributed by atoms with Gasteiger partial charge in [0, 0.05) is 36.0 Å². The zero-order valence-corrected chi connectivity index (χ0v) is 26.1. The van der Waals surface area contributed by atoms with Crippen LogP contribution in [0.2, 0.25) is 0 Å². The van der Waals surface area contributed by atoms with Crippen LogP contribution in [0.4, 0.5) is 0 Å². The summed E-state index contributed by atoms with van der Waals surface area (Å²) in [6.07, 6.45) is 1.70. The number of nitrogens with zero attached hydrogens (tertiary/aromatic N) is 2. The first-order valence-electron chi connectivity index (χ1n) is 14.9. The van der Waals surface area contributed by atoms with Crippen LogP contribution >= 0.6 is 11.3 Å². The van der Waals surface area contributed by atoms with Crippen molar-refractivity contribution in [1.29, 1.82) is 0 Å². The zero-order valence-electron chi connectivity index (χ0n) is 25.3. The maximum atomic E-state index is 12.9. The quantitative estimate of drug-likeness (QED) is 0.135. The molecule has 1 N–H and O–H groups in total. The summed E-state index contributed by atoms with van der Waals surface area (Å²) in [5.74, 6) is 1.66. The average Bonchev–Trinajstić information content (AvgIpc) is 3.55. The minimum Gasteiger partial charge on any atom is -0.497 e. The van der Waals surface area contributed by atoms with Crippen LogP contribution in [0.25, 0.3) is 0 Å². The molecule has 0 unspecified atom stereocenters. The molecule has 0 aliphatic heterocycles. The molecule has 6 nitrogen and oxygen atoms in total. The van der Waals surface area contributed by atoms with Crippen LogP contribution in [0, 0.1) is 0 Å². The first-order chi connectivity index (χ1) is 21.6. The molecule has 0 atom stereocenters. The molecule has 0 fully saturated rings. The highest BCUT2D eigenvalue weighted by atomic mass is 32.1. The number of benzene rings is 4. The standard InChI is InChI=1S/C37H39N3O3S/c1-42-32-19-18-31(35(24-32)43-2)25-40(23-21-33(29-14-8-4-9-15-29)30-16-10-5-11-17-30)26-36-39-34(27-44-36)37(41)38-22-20-28-12-6-3-7-13-28/h3-19,24,27,33H,20-23,25-26H2,1-2H3,(H,38,41). The van der Waals surface area contributed by atoms with Crippen molar-refractivity contribution >= 4 is 17.2 Å². The van der Waals surface area contributed by atoms with Crippen LogP contribution in [0.1, 0.15) is 50.1 Å². The first-order valence-corrected chi connectivity index (χ1v) is 15.8. The predicted molar refractivity (Wildman–Crippen MR) is 178 cm³/mol. The van der Waals surface area contributed by atoms with Crippen molar-refractivity contribution < 1.29 is 14.3 Å². The van der Waals surface area contributed by atoms with Gasteiger partial charge in [-0.2, -0.15) is 0 Å². The Morgan fingerprint density at radius 3 is 2.14 bits per heavy atom. The molecule has 0 saturated carbocycles. The molecule has 7 heteroatoms. The third-order valence-corrected chi connectivity index (χ3v) is 8.54. The van der Waals surface area contributed by atoms with Gasteiger partial charge >= 0.3 is 0 Å². The second kappa shape index (κ2) is 15.8. The number of amides is 1. The number of nitrogens with one attached hydrogen (secondary N) is 1. The van der Waals surface area contributed by atoms with E-state index in [2.05, 4.69) is 89.1 Å². The third-order valence-electron chi connectivity index (χ3n) is 7.71. The Bertz CT molecular complexity index is 1550. The summed E-state index contributed by atoms with van der Waals surface area (Å²) in [4.78, 5) is 20.0. The van der Waals surface area contributed by atoms with E-state index in [9.17, 15) is 4.79 Å². The maximum Gasteiger partial charge on any atom is 0.270 e. The summed E-state index contributed by atoms with van der Waals surface area (Å²) in [7, 11) is 3.35. The molecule has 0 aliphatic rings. The molecule has 4 aromatic carbocycles. The fraction of sp³-hybridized carbons (Fsp3) is 0.243. The SMILES string of the molecule is COc1ccc(CN(CCC(c2ccccc2)c2ccccc2)Cc2nc(C(=O)NCCc3ccccc3)cs2)c(OC)c1. The number of thiazole rings is 1. The third kappa shape index (κ3) is 8.56. The number of carbonyl (C=O) groups is 1. The summed E-state index contributed by atoms with van der Waals surface area (Å²) < 4.78 is 11.2. The van der Waals surface area contributed by atoms with Crippen LogP contribution in [-0.4, -0.2) is 43.1 Å². The monoisotopic (exact) mass is 605 g/mol. The molecule has 1 amide bonds. The van der Waals surface area contributed by atoms with Crippen molar-refractivity contribution in [3.8, 4) is 11.5 Å². The zero-order chi connectivity index (χ0) is 30.6. The molecule has 5 aromatic rings. The van der Waals surface area contributed by atoms with Crippen molar-refractivity contribution in [3.63, 3.8) is 0 Å². The van der Waals surface area contributed by atoms with Crippen LogP contribution in [0.5, 0.6) is 11.5 Å². The van der Waals surface area contributed by atoms with E-state index in [1.54, 1.807) is 14.2 Å². The molecule has 0 spiro atoms. The van der Waals surface area contributed by atoms with Crippen molar-refractivity contribution in [1.82, 2.24) is 15.2 Å². The number of methoxy groups -OCH3 is 2. The first kappa shape index (κ1) is 31.0. The summed E-state index contributed by atoms with van der Waals surface area (Å²) in [6.45, 7) is 2.68. The molecule has 0 bridgehead atoms. The lowest BCUT2D eigenvalue weighted by atomic mass is 9.88. The van der Waals surface area contributed by atoms with Crippen LogP contribution in [0.3, 0.4) is 0 Å². The van der Waals surface area contributed by atoms with Crippen molar-refractivity contribution in [2.45, 2.75) is 31.8 Å². The molecule has 5 rings (SSSR count). The van der Waals surface area contributed by atoms with Gasteiger partial charge in [0.05, 0.1) is 20.8 Å². The molecular formula is C37H39N3O3S. The molecule has 1 heterocycles. The number of hydrogen-bond acceptors (Lipinski definition) is 6. The Hall–Kier alpha value is -4.46. The maximum absolute atomic E-state index is 12.9. The van der Waals surface area contributed by atoms with Gasteiger partial charge in [-0.1, -0.05) is 97.1 Å². The lowest BCUT2D eigenvalue weighted by Crippen LogP contribution is -2.27. The molecule has 0 aliphatic carbocycles. The second-order valence-corrected chi connectivity index (χ2v) is 11.6. The van der Waals surface area contributed by atoms with Crippen LogP contribution < -0.4 is 14.8 Å². The normalized spacial score (nSPS) is 11.1. The molecular weight excluding hydrogens is 566 g/mol. The van der Waals surface area contributed by atoms with Crippen molar-refractivity contribution in [2.75, 3.05) is 27.3 Å². The van der Waals surface area contributed by atoms with Gasteiger partial charge in [-0.05, 0) is 42.1 Å². The average molecular weight is 606 g/mol. The fourth-order valence-corrected chi connectivity index (χ4v) is 6.20. The molecule has 44 heavy (non-hydrogen) atoms. The summed E-state index contributed by atoms with van der Waals surface area (Å²) in [5.41, 5.74) is 5.32. The number of aromatic nitrogens is 1. The second-order valence-electron chi connectivity index (χ2n) is 10.7. The van der Waals surface area contributed by atoms with Crippen LogP contribution in [-0.2, 0) is 19.5 Å². The van der Waals surface area contributed by atoms with Gasteiger partial charge in [0.2, 0.25) is 0 Å². The number of hydrogen-bond donors (Lipinski definition) is 1. The van der Waals surface area contributed by atoms with E-state index >= 15 is 0 Å². The van der Waals surface area contributed by atoms with E-state index in [4.69, 9.17) is 14.5 Å². The van der Waals surface area contributed by atoms with Crippen molar-refractivity contribution in [3.05, 3.63) is 148 Å². The minimum atomic E-state index is -0.139.